The largest absolute Gasteiger partial charge is 0.372 e. The van der Waals surface area contributed by atoms with Gasteiger partial charge in [-0.25, -0.2) is 0 Å². The van der Waals surface area contributed by atoms with Crippen LogP contribution in [0.2, 0.25) is 0 Å². The van der Waals surface area contributed by atoms with Crippen LogP contribution in [-0.4, -0.2) is 23.8 Å². The predicted molar refractivity (Wildman–Crippen MR) is 69.7 cm³/mol. The molecule has 0 aromatic carbocycles. The van der Waals surface area contributed by atoms with Crippen LogP contribution < -0.4 is 5.32 Å². The van der Waals surface area contributed by atoms with Gasteiger partial charge in [-0.2, -0.15) is 5.26 Å². The molecule has 3 heteroatoms. The molecule has 0 bridgehead atoms. The Labute approximate surface area is 106 Å². The molecule has 0 aromatic heterocycles. The summed E-state index contributed by atoms with van der Waals surface area (Å²) in [5.74, 6) is 0. The van der Waals surface area contributed by atoms with Crippen LogP contribution in [0, 0.1) is 11.3 Å². The van der Waals surface area contributed by atoms with E-state index >= 15 is 0 Å². The van der Waals surface area contributed by atoms with Crippen molar-refractivity contribution in [3.05, 3.63) is 0 Å². The van der Waals surface area contributed by atoms with E-state index in [2.05, 4.69) is 39.1 Å². The van der Waals surface area contributed by atoms with E-state index in [1.807, 2.05) is 0 Å². The predicted octanol–water partition coefficient (Wildman–Crippen LogP) is 3.01. The summed E-state index contributed by atoms with van der Waals surface area (Å²) in [5, 5.41) is 12.7. The van der Waals surface area contributed by atoms with Gasteiger partial charge in [0.25, 0.3) is 0 Å². The zero-order chi connectivity index (χ0) is 12.9. The quantitative estimate of drug-likeness (QED) is 0.800. The molecule has 1 aliphatic rings. The van der Waals surface area contributed by atoms with Crippen molar-refractivity contribution in [2.75, 3.05) is 6.54 Å². The maximum Gasteiger partial charge on any atom is 0.109 e. The van der Waals surface area contributed by atoms with E-state index in [4.69, 9.17) is 4.74 Å². The molecule has 1 aliphatic carbocycles. The van der Waals surface area contributed by atoms with Crippen LogP contribution in [0.4, 0.5) is 0 Å². The van der Waals surface area contributed by atoms with Gasteiger partial charge in [0.05, 0.1) is 17.8 Å². The summed E-state index contributed by atoms with van der Waals surface area (Å²) < 4.78 is 6.14. The fourth-order valence-electron chi connectivity index (χ4n) is 2.50. The fraction of sp³-hybridized carbons (Fsp3) is 0.929. The van der Waals surface area contributed by atoms with E-state index in [9.17, 15) is 5.26 Å². The summed E-state index contributed by atoms with van der Waals surface area (Å²) in [4.78, 5) is 0. The van der Waals surface area contributed by atoms with Crippen molar-refractivity contribution in [3.8, 4) is 6.07 Å². The molecule has 3 nitrogen and oxygen atoms in total. The highest BCUT2D eigenvalue weighted by atomic mass is 16.5. The molecule has 0 aromatic rings. The number of rotatable bonds is 5. The van der Waals surface area contributed by atoms with Crippen LogP contribution in [-0.2, 0) is 4.74 Å². The van der Waals surface area contributed by atoms with Gasteiger partial charge in [-0.05, 0) is 46.1 Å². The molecule has 0 amide bonds. The first-order chi connectivity index (χ1) is 7.97. The Morgan fingerprint density at radius 2 is 2.18 bits per heavy atom. The molecule has 0 radical (unpaired) electrons. The van der Waals surface area contributed by atoms with Crippen LogP contribution in [0.5, 0.6) is 0 Å². The zero-order valence-corrected chi connectivity index (χ0v) is 11.7. The van der Waals surface area contributed by atoms with E-state index < -0.39 is 0 Å². The number of hydrogen-bond donors (Lipinski definition) is 1. The molecule has 0 heterocycles. The summed E-state index contributed by atoms with van der Waals surface area (Å²) >= 11 is 0. The maximum absolute atomic E-state index is 9.38. The standard InChI is InChI=1S/C14H26N2O/c1-5-13(3,4)17-12-8-7-9-14(10-12,11-15)16-6-2/h12,16H,5-10H2,1-4H3. The van der Waals surface area contributed by atoms with Gasteiger partial charge in [0.15, 0.2) is 0 Å². The Kier molecular flexibility index (Phi) is 4.97. The van der Waals surface area contributed by atoms with Crippen LogP contribution >= 0.6 is 0 Å². The summed E-state index contributed by atoms with van der Waals surface area (Å²) in [6.45, 7) is 9.30. The van der Waals surface area contributed by atoms with Gasteiger partial charge in [0.2, 0.25) is 0 Å². The molecule has 1 saturated carbocycles. The van der Waals surface area contributed by atoms with Gasteiger partial charge >= 0.3 is 0 Å². The SMILES string of the molecule is CCNC1(C#N)CCCC(OC(C)(C)CC)C1. The monoisotopic (exact) mass is 238 g/mol. The van der Waals surface area contributed by atoms with Crippen molar-refractivity contribution >= 4 is 0 Å². The van der Waals surface area contributed by atoms with E-state index in [0.29, 0.717) is 0 Å². The van der Waals surface area contributed by atoms with Crippen LogP contribution in [0.15, 0.2) is 0 Å². The Bertz CT molecular complexity index is 278. The molecule has 0 spiro atoms. The lowest BCUT2D eigenvalue weighted by atomic mass is 9.81. The van der Waals surface area contributed by atoms with Gasteiger partial charge in [-0.3, -0.25) is 5.32 Å². The molecular weight excluding hydrogens is 212 g/mol. The molecule has 2 unspecified atom stereocenters. The van der Waals surface area contributed by atoms with Crippen molar-refractivity contribution in [2.24, 2.45) is 0 Å². The number of ether oxygens (including phenoxy) is 1. The summed E-state index contributed by atoms with van der Waals surface area (Å²) in [6.07, 6.45) is 5.15. The molecule has 0 aliphatic heterocycles. The highest BCUT2D eigenvalue weighted by Gasteiger charge is 2.37. The highest BCUT2D eigenvalue weighted by molar-refractivity contribution is 5.10. The lowest BCUT2D eigenvalue weighted by Crippen LogP contribution is -2.50. The van der Waals surface area contributed by atoms with E-state index in [0.717, 1.165) is 38.6 Å². The molecule has 1 rings (SSSR count). The Balaban J connectivity index is 2.63. The van der Waals surface area contributed by atoms with Crippen LogP contribution in [0.25, 0.3) is 0 Å². The smallest absolute Gasteiger partial charge is 0.109 e. The lowest BCUT2D eigenvalue weighted by molar-refractivity contribution is -0.0944. The Morgan fingerprint density at radius 3 is 2.71 bits per heavy atom. The molecule has 1 fully saturated rings. The second-order valence-corrected chi connectivity index (χ2v) is 5.67. The van der Waals surface area contributed by atoms with E-state index in [-0.39, 0.29) is 17.2 Å². The third-order valence-corrected chi connectivity index (χ3v) is 3.77. The topological polar surface area (TPSA) is 45.0 Å². The summed E-state index contributed by atoms with van der Waals surface area (Å²) in [5.41, 5.74) is -0.434. The molecular formula is C14H26N2O. The van der Waals surface area contributed by atoms with Gasteiger partial charge in [0, 0.05) is 6.42 Å². The second kappa shape index (κ2) is 5.84. The van der Waals surface area contributed by atoms with E-state index in [1.165, 1.54) is 0 Å². The molecule has 1 N–H and O–H groups in total. The van der Waals surface area contributed by atoms with Gasteiger partial charge in [0.1, 0.15) is 5.54 Å². The summed E-state index contributed by atoms with van der Waals surface area (Å²) in [6, 6.07) is 2.46. The van der Waals surface area contributed by atoms with E-state index in [1.54, 1.807) is 0 Å². The van der Waals surface area contributed by atoms with Gasteiger partial charge in [-0.1, -0.05) is 13.8 Å². The number of nitriles is 1. The minimum absolute atomic E-state index is 0.0740. The Hall–Kier alpha value is -0.590. The van der Waals surface area contributed by atoms with Crippen molar-refractivity contribution < 1.29 is 4.74 Å². The van der Waals surface area contributed by atoms with Gasteiger partial charge in [-0.15, -0.1) is 0 Å². The average molecular weight is 238 g/mol. The molecule has 98 valence electrons. The third-order valence-electron chi connectivity index (χ3n) is 3.77. The summed E-state index contributed by atoms with van der Waals surface area (Å²) in [7, 11) is 0. The third kappa shape index (κ3) is 3.97. The first-order valence-electron chi connectivity index (χ1n) is 6.81. The lowest BCUT2D eigenvalue weighted by Gasteiger charge is -2.39. The number of nitrogens with zero attached hydrogens (tertiary/aromatic N) is 1. The minimum Gasteiger partial charge on any atom is -0.372 e. The highest BCUT2D eigenvalue weighted by Crippen LogP contribution is 2.32. The first kappa shape index (κ1) is 14.5. The van der Waals surface area contributed by atoms with Crippen LogP contribution in [0.3, 0.4) is 0 Å². The molecule has 2 atom stereocenters. The van der Waals surface area contributed by atoms with Crippen molar-refractivity contribution in [1.29, 1.82) is 5.26 Å². The average Bonchev–Trinajstić information content (AvgIpc) is 2.29. The minimum atomic E-state index is -0.360. The normalized spacial score (nSPS) is 29.9. The van der Waals surface area contributed by atoms with Crippen LogP contribution in [0.1, 0.15) is 59.8 Å². The van der Waals surface area contributed by atoms with Crippen molar-refractivity contribution in [3.63, 3.8) is 0 Å². The van der Waals surface area contributed by atoms with Crippen molar-refractivity contribution in [2.45, 2.75) is 77.0 Å². The second-order valence-electron chi connectivity index (χ2n) is 5.67. The zero-order valence-electron chi connectivity index (χ0n) is 11.7. The molecule has 0 saturated heterocycles. The van der Waals surface area contributed by atoms with Gasteiger partial charge < -0.3 is 4.74 Å². The Morgan fingerprint density at radius 1 is 1.47 bits per heavy atom. The molecule has 17 heavy (non-hydrogen) atoms. The number of hydrogen-bond acceptors (Lipinski definition) is 3. The first-order valence-corrected chi connectivity index (χ1v) is 6.81. The van der Waals surface area contributed by atoms with Crippen molar-refractivity contribution in [1.82, 2.24) is 5.32 Å². The number of nitrogens with one attached hydrogen (secondary N) is 1. The fourth-order valence-corrected chi connectivity index (χ4v) is 2.50. The maximum atomic E-state index is 9.38.